The fourth-order valence-corrected chi connectivity index (χ4v) is 13.9. The first kappa shape index (κ1) is 97.1. The summed E-state index contributed by atoms with van der Waals surface area (Å²) in [5.74, 6) is -0.544. The van der Waals surface area contributed by atoms with Gasteiger partial charge in [-0.3, -0.25) is 37.3 Å². The first-order valence-corrected chi connectivity index (χ1v) is 44.5. The zero-order chi connectivity index (χ0) is 72.8. The molecule has 0 amide bonds. The minimum atomic E-state index is -4.96. The van der Waals surface area contributed by atoms with Gasteiger partial charge < -0.3 is 33.8 Å². The number of aliphatic hydroxyl groups excluding tert-OH is 1. The summed E-state index contributed by atoms with van der Waals surface area (Å²) in [6, 6.07) is 0. The highest BCUT2D eigenvalue weighted by molar-refractivity contribution is 7.47. The number of hydrogen-bond acceptors (Lipinski definition) is 15. The highest BCUT2D eigenvalue weighted by Crippen LogP contribution is 2.45. The zero-order valence-corrected chi connectivity index (χ0v) is 66.6. The fourth-order valence-electron chi connectivity index (χ4n) is 12.3. The van der Waals surface area contributed by atoms with Gasteiger partial charge in [0.05, 0.1) is 26.4 Å². The number of aliphatic hydroxyl groups is 1. The molecule has 0 aliphatic heterocycles. The van der Waals surface area contributed by atoms with E-state index in [0.717, 1.165) is 102 Å². The summed E-state index contributed by atoms with van der Waals surface area (Å²) in [5, 5.41) is 10.6. The second-order valence-corrected chi connectivity index (χ2v) is 32.4. The summed E-state index contributed by atoms with van der Waals surface area (Å²) in [7, 11) is -9.92. The van der Waals surface area contributed by atoms with E-state index in [-0.39, 0.29) is 25.7 Å². The van der Waals surface area contributed by atoms with Crippen LogP contribution in [0.5, 0.6) is 0 Å². The molecule has 3 unspecified atom stereocenters. The molecule has 0 aromatic rings. The number of unbranched alkanes of at least 4 members (excludes halogenated alkanes) is 48. The zero-order valence-electron chi connectivity index (χ0n) is 64.8. The van der Waals surface area contributed by atoms with E-state index < -0.39 is 97.5 Å². The third-order valence-corrected chi connectivity index (χ3v) is 21.0. The monoisotopic (exact) mass is 1450 g/mol. The van der Waals surface area contributed by atoms with Crippen molar-refractivity contribution in [2.45, 2.75) is 439 Å². The first-order valence-electron chi connectivity index (χ1n) is 41.5. The maximum atomic E-state index is 13.1. The molecule has 0 aliphatic carbocycles. The maximum absolute atomic E-state index is 13.1. The van der Waals surface area contributed by atoms with E-state index in [1.54, 1.807) is 0 Å². The van der Waals surface area contributed by atoms with Crippen LogP contribution in [0.3, 0.4) is 0 Å². The molecule has 0 aromatic carbocycles. The number of carbonyl (C=O) groups excluding carboxylic acids is 4. The third-order valence-electron chi connectivity index (χ3n) is 19.1. The molecule has 0 heterocycles. The van der Waals surface area contributed by atoms with Gasteiger partial charge in [-0.05, 0) is 37.5 Å². The molecule has 3 N–H and O–H groups in total. The lowest BCUT2D eigenvalue weighted by Gasteiger charge is -2.21. The van der Waals surface area contributed by atoms with Crippen LogP contribution in [0, 0.1) is 11.8 Å². The molecule has 588 valence electrons. The number of hydrogen-bond donors (Lipinski definition) is 3. The van der Waals surface area contributed by atoms with Crippen molar-refractivity contribution in [3.8, 4) is 0 Å². The lowest BCUT2D eigenvalue weighted by atomic mass is 9.99. The van der Waals surface area contributed by atoms with Crippen LogP contribution in [-0.4, -0.2) is 96.7 Å². The molecule has 0 fully saturated rings. The summed E-state index contributed by atoms with van der Waals surface area (Å²) in [6.07, 6.45) is 61.1. The molecule has 0 radical (unpaired) electrons. The standard InChI is InChI=1S/C80H156O17P2/c1-7-10-12-14-16-18-20-21-22-23-24-25-26-27-32-35-39-46-52-58-64-79(84)96-75(68-91-78(83)63-57-51-45-38-34-31-29-28-30-33-36-43-49-55-61-73(6)9-3)70-94-98(86,87)92-66-74(81)67-93-99(88,89)95-71-76(69-90-77(82)62-56-50-44-37-19-17-15-13-11-8-2)97-80(85)65-59-53-47-41-40-42-48-54-60-72(4)5/h72-76,81H,7-71H2,1-6H3,(H,86,87)(H,88,89)/t73?,74-,75-,76-/m1/s1. The van der Waals surface area contributed by atoms with Gasteiger partial charge in [0, 0.05) is 25.7 Å². The first-order chi connectivity index (χ1) is 47.9. The lowest BCUT2D eigenvalue weighted by Crippen LogP contribution is -2.30. The number of rotatable bonds is 79. The van der Waals surface area contributed by atoms with Gasteiger partial charge in [-0.25, -0.2) is 9.13 Å². The summed E-state index contributed by atoms with van der Waals surface area (Å²) in [4.78, 5) is 72.9. The molecule has 0 bridgehead atoms. The average Bonchev–Trinajstić information content (AvgIpc) is 1.00. The molecule has 0 spiro atoms. The van der Waals surface area contributed by atoms with Gasteiger partial charge in [0.25, 0.3) is 0 Å². The number of ether oxygens (including phenoxy) is 4. The Hall–Kier alpha value is -1.94. The van der Waals surface area contributed by atoms with Crippen LogP contribution >= 0.6 is 15.6 Å². The molecule has 0 saturated carbocycles. The van der Waals surface area contributed by atoms with E-state index in [4.69, 9.17) is 37.0 Å². The van der Waals surface area contributed by atoms with Gasteiger partial charge in [-0.15, -0.1) is 0 Å². The second kappa shape index (κ2) is 71.7. The summed E-state index contributed by atoms with van der Waals surface area (Å²) in [6.45, 7) is 9.63. The molecule has 0 saturated heterocycles. The molecular weight excluding hydrogens is 1290 g/mol. The van der Waals surface area contributed by atoms with Gasteiger partial charge in [0.1, 0.15) is 19.3 Å². The van der Waals surface area contributed by atoms with Gasteiger partial charge >= 0.3 is 39.5 Å². The van der Waals surface area contributed by atoms with E-state index in [2.05, 4.69) is 41.5 Å². The van der Waals surface area contributed by atoms with Crippen LogP contribution in [0.1, 0.15) is 420 Å². The number of phosphoric ester groups is 2. The van der Waals surface area contributed by atoms with E-state index in [1.807, 2.05) is 0 Å². The Morgan fingerprint density at radius 2 is 0.515 bits per heavy atom. The van der Waals surface area contributed by atoms with E-state index >= 15 is 0 Å². The SMILES string of the molecule is CCCCCCCCCCCCCCCCCCCCCCC(=O)O[C@H](COC(=O)CCCCCCCCCCCCCCCCC(C)CC)COP(=O)(O)OC[C@@H](O)COP(=O)(O)OC[C@@H](COC(=O)CCCCCCCCCCCC)OC(=O)CCCCCCCCCCC(C)C. The van der Waals surface area contributed by atoms with Crippen LogP contribution in [0.2, 0.25) is 0 Å². The van der Waals surface area contributed by atoms with E-state index in [0.29, 0.717) is 25.7 Å². The predicted molar refractivity (Wildman–Crippen MR) is 405 cm³/mol. The smallest absolute Gasteiger partial charge is 0.462 e. The van der Waals surface area contributed by atoms with Crippen LogP contribution in [0.15, 0.2) is 0 Å². The van der Waals surface area contributed by atoms with E-state index in [1.165, 1.54) is 238 Å². The average molecular weight is 1450 g/mol. The Morgan fingerprint density at radius 3 is 0.768 bits per heavy atom. The Balaban J connectivity index is 5.21. The minimum Gasteiger partial charge on any atom is -0.462 e. The molecule has 6 atom stereocenters. The van der Waals surface area contributed by atoms with Crippen LogP contribution in [0.25, 0.3) is 0 Å². The Morgan fingerprint density at radius 1 is 0.293 bits per heavy atom. The molecule has 17 nitrogen and oxygen atoms in total. The van der Waals surface area contributed by atoms with Crippen LogP contribution in [-0.2, 0) is 65.4 Å². The quantitative estimate of drug-likeness (QED) is 0.0222. The molecule has 99 heavy (non-hydrogen) atoms. The van der Waals surface area contributed by atoms with Gasteiger partial charge in [0.2, 0.25) is 0 Å². The maximum Gasteiger partial charge on any atom is 0.472 e. The Labute approximate surface area is 607 Å². The Bertz CT molecular complexity index is 1910. The van der Waals surface area contributed by atoms with Crippen molar-refractivity contribution in [3.63, 3.8) is 0 Å². The third kappa shape index (κ3) is 72.8. The molecule has 19 heteroatoms. The fraction of sp³-hybridized carbons (Fsp3) is 0.950. The molecule has 0 aromatic heterocycles. The van der Waals surface area contributed by atoms with E-state index in [9.17, 15) is 43.2 Å². The van der Waals surface area contributed by atoms with Crippen molar-refractivity contribution < 1.29 is 80.2 Å². The van der Waals surface area contributed by atoms with Gasteiger partial charge in [-0.1, -0.05) is 369 Å². The van der Waals surface area contributed by atoms with Crippen molar-refractivity contribution in [3.05, 3.63) is 0 Å². The molecular formula is C80H156O17P2. The second-order valence-electron chi connectivity index (χ2n) is 29.5. The summed E-state index contributed by atoms with van der Waals surface area (Å²) in [5.41, 5.74) is 0. The predicted octanol–water partition coefficient (Wildman–Crippen LogP) is 23.9. The molecule has 0 aliphatic rings. The molecule has 0 rings (SSSR count). The number of carbonyl (C=O) groups is 4. The highest BCUT2D eigenvalue weighted by Gasteiger charge is 2.30. The normalized spacial score (nSPS) is 14.2. The minimum absolute atomic E-state index is 0.105. The largest absolute Gasteiger partial charge is 0.472 e. The number of esters is 4. The summed E-state index contributed by atoms with van der Waals surface area (Å²) >= 11 is 0. The van der Waals surface area contributed by atoms with Gasteiger partial charge in [-0.2, -0.15) is 0 Å². The van der Waals surface area contributed by atoms with Crippen molar-refractivity contribution in [1.29, 1.82) is 0 Å². The van der Waals surface area contributed by atoms with Crippen molar-refractivity contribution in [1.82, 2.24) is 0 Å². The number of phosphoric acid groups is 2. The summed E-state index contributed by atoms with van der Waals surface area (Å²) < 4.78 is 68.6. The van der Waals surface area contributed by atoms with Crippen molar-refractivity contribution in [2.24, 2.45) is 11.8 Å². The highest BCUT2D eigenvalue weighted by atomic mass is 31.2. The topological polar surface area (TPSA) is 237 Å². The van der Waals surface area contributed by atoms with Crippen molar-refractivity contribution >= 4 is 39.5 Å². The van der Waals surface area contributed by atoms with Gasteiger partial charge in [0.15, 0.2) is 12.2 Å². The lowest BCUT2D eigenvalue weighted by molar-refractivity contribution is -0.161. The van der Waals surface area contributed by atoms with Crippen LogP contribution in [0.4, 0.5) is 0 Å². The Kier molecular flexibility index (Phi) is 70.3. The van der Waals surface area contributed by atoms with Crippen molar-refractivity contribution in [2.75, 3.05) is 39.6 Å². The van der Waals surface area contributed by atoms with Crippen LogP contribution < -0.4 is 0 Å².